The highest BCUT2D eigenvalue weighted by molar-refractivity contribution is 9.10. The van der Waals surface area contributed by atoms with Gasteiger partial charge in [-0.2, -0.15) is 0 Å². The van der Waals surface area contributed by atoms with E-state index in [0.717, 1.165) is 4.47 Å². The monoisotopic (exact) mass is 358 g/mol. The van der Waals surface area contributed by atoms with Crippen LogP contribution >= 0.6 is 15.9 Å². The minimum absolute atomic E-state index is 0.321. The fraction of sp³-hybridized carbons (Fsp3) is 0.533. The van der Waals surface area contributed by atoms with Crippen LogP contribution in [0.4, 0.5) is 0 Å². The van der Waals surface area contributed by atoms with Crippen LogP contribution in [-0.2, 0) is 14.3 Å². The summed E-state index contributed by atoms with van der Waals surface area (Å²) in [5.41, 5.74) is -0.696. The van der Waals surface area contributed by atoms with Gasteiger partial charge >= 0.3 is 5.97 Å². The van der Waals surface area contributed by atoms with Gasteiger partial charge in [0.1, 0.15) is 12.2 Å². The van der Waals surface area contributed by atoms with Crippen molar-refractivity contribution >= 4 is 21.9 Å². The molecule has 0 amide bonds. The molecule has 0 aromatic heterocycles. The average molecular weight is 359 g/mol. The first-order valence-corrected chi connectivity index (χ1v) is 7.47. The number of esters is 1. The van der Waals surface area contributed by atoms with E-state index in [2.05, 4.69) is 20.7 Å². The van der Waals surface area contributed by atoms with Gasteiger partial charge in [-0.05, 0) is 39.0 Å². The van der Waals surface area contributed by atoms with E-state index in [-0.39, 0.29) is 6.10 Å². The van der Waals surface area contributed by atoms with Crippen LogP contribution in [0, 0.1) is 0 Å². The summed E-state index contributed by atoms with van der Waals surface area (Å²) in [6.07, 6.45) is -0.988. The summed E-state index contributed by atoms with van der Waals surface area (Å²) in [6, 6.07) is 5.58. The second-order valence-corrected chi connectivity index (χ2v) is 6.31. The molecule has 0 unspecified atom stereocenters. The van der Waals surface area contributed by atoms with Crippen LogP contribution in [0.25, 0.3) is 0 Å². The SMILES string of the molecule is COC(=O)[C@H](C)OC(C)(C)[C@H]1COc2cc(Br)ccc2O1. The number of halogens is 1. The van der Waals surface area contributed by atoms with Gasteiger partial charge in [-0.1, -0.05) is 15.9 Å². The minimum atomic E-state index is -0.696. The lowest BCUT2D eigenvalue weighted by Crippen LogP contribution is -2.50. The third kappa shape index (κ3) is 3.68. The molecule has 21 heavy (non-hydrogen) atoms. The Morgan fingerprint density at radius 3 is 2.81 bits per heavy atom. The van der Waals surface area contributed by atoms with Crippen LogP contribution in [0.5, 0.6) is 11.5 Å². The zero-order chi connectivity index (χ0) is 15.6. The molecule has 1 aromatic carbocycles. The van der Waals surface area contributed by atoms with Crippen molar-refractivity contribution in [3.8, 4) is 11.5 Å². The van der Waals surface area contributed by atoms with E-state index in [9.17, 15) is 4.79 Å². The molecule has 2 rings (SSSR count). The van der Waals surface area contributed by atoms with Crippen LogP contribution in [-0.4, -0.2) is 37.5 Å². The minimum Gasteiger partial charge on any atom is -0.486 e. The van der Waals surface area contributed by atoms with Gasteiger partial charge in [-0.3, -0.25) is 0 Å². The van der Waals surface area contributed by atoms with Crippen molar-refractivity contribution in [2.45, 2.75) is 38.6 Å². The number of fused-ring (bicyclic) bond motifs is 1. The van der Waals surface area contributed by atoms with Gasteiger partial charge in [0, 0.05) is 4.47 Å². The van der Waals surface area contributed by atoms with Gasteiger partial charge in [-0.15, -0.1) is 0 Å². The van der Waals surface area contributed by atoms with E-state index in [1.54, 1.807) is 6.92 Å². The van der Waals surface area contributed by atoms with Crippen molar-refractivity contribution in [1.82, 2.24) is 0 Å². The second kappa shape index (κ2) is 6.23. The summed E-state index contributed by atoms with van der Waals surface area (Å²) < 4.78 is 23.0. The van der Waals surface area contributed by atoms with Gasteiger partial charge in [0.15, 0.2) is 23.7 Å². The predicted molar refractivity (Wildman–Crippen MR) is 80.7 cm³/mol. The molecule has 0 radical (unpaired) electrons. The van der Waals surface area contributed by atoms with E-state index in [4.69, 9.17) is 14.2 Å². The maximum atomic E-state index is 11.5. The molecular weight excluding hydrogens is 340 g/mol. The number of carbonyl (C=O) groups is 1. The van der Waals surface area contributed by atoms with Crippen LogP contribution < -0.4 is 9.47 Å². The molecule has 1 aromatic rings. The van der Waals surface area contributed by atoms with Gasteiger partial charge in [0.05, 0.1) is 7.11 Å². The van der Waals surface area contributed by atoms with E-state index in [1.807, 2.05) is 32.0 Å². The summed E-state index contributed by atoms with van der Waals surface area (Å²) in [7, 11) is 1.34. The molecule has 0 fully saturated rings. The van der Waals surface area contributed by atoms with Crippen molar-refractivity contribution < 1.29 is 23.7 Å². The van der Waals surface area contributed by atoms with Gasteiger partial charge in [0.25, 0.3) is 0 Å². The molecule has 0 bridgehead atoms. The molecule has 0 aliphatic carbocycles. The number of hydrogen-bond donors (Lipinski definition) is 0. The number of methoxy groups -OCH3 is 1. The van der Waals surface area contributed by atoms with E-state index < -0.39 is 17.7 Å². The standard InChI is InChI=1S/C15H19BrO5/c1-9(14(17)18-4)21-15(2,3)13-8-19-12-7-10(16)5-6-11(12)20-13/h5-7,9,13H,8H2,1-4H3/t9-,13+/m0/s1. The molecule has 2 atom stereocenters. The molecule has 116 valence electrons. The Kier molecular flexibility index (Phi) is 4.78. The average Bonchev–Trinajstić information content (AvgIpc) is 2.45. The Bertz CT molecular complexity index is 529. The van der Waals surface area contributed by atoms with E-state index in [1.165, 1.54) is 7.11 Å². The molecule has 1 heterocycles. The lowest BCUT2D eigenvalue weighted by molar-refractivity contribution is -0.175. The number of carbonyl (C=O) groups excluding carboxylic acids is 1. The first-order valence-electron chi connectivity index (χ1n) is 6.68. The molecule has 1 aliphatic heterocycles. The van der Waals surface area contributed by atoms with Crippen LogP contribution in [0.1, 0.15) is 20.8 Å². The van der Waals surface area contributed by atoms with Crippen molar-refractivity contribution in [1.29, 1.82) is 0 Å². The fourth-order valence-corrected chi connectivity index (χ4v) is 2.47. The Morgan fingerprint density at radius 1 is 1.43 bits per heavy atom. The largest absolute Gasteiger partial charge is 0.486 e. The van der Waals surface area contributed by atoms with Gasteiger partial charge in [0.2, 0.25) is 0 Å². The molecule has 6 heteroatoms. The Labute approximate surface area is 132 Å². The zero-order valence-corrected chi connectivity index (χ0v) is 14.1. The maximum absolute atomic E-state index is 11.5. The normalized spacial score (nSPS) is 19.0. The van der Waals surface area contributed by atoms with Crippen LogP contribution in [0.15, 0.2) is 22.7 Å². The summed E-state index contributed by atoms with van der Waals surface area (Å²) in [4.78, 5) is 11.5. The number of hydrogen-bond acceptors (Lipinski definition) is 5. The molecule has 0 saturated carbocycles. The number of ether oxygens (including phenoxy) is 4. The quantitative estimate of drug-likeness (QED) is 0.774. The second-order valence-electron chi connectivity index (χ2n) is 5.40. The third-order valence-corrected chi connectivity index (χ3v) is 3.85. The highest BCUT2D eigenvalue weighted by Crippen LogP contribution is 2.37. The van der Waals surface area contributed by atoms with Crippen molar-refractivity contribution in [3.63, 3.8) is 0 Å². The Hall–Kier alpha value is -1.27. The first kappa shape index (κ1) is 16.1. The summed E-state index contributed by atoms with van der Waals surface area (Å²) in [6.45, 7) is 5.74. The van der Waals surface area contributed by atoms with Crippen LogP contribution in [0.2, 0.25) is 0 Å². The van der Waals surface area contributed by atoms with Gasteiger partial charge < -0.3 is 18.9 Å². The molecule has 5 nitrogen and oxygen atoms in total. The Balaban J connectivity index is 2.08. The van der Waals surface area contributed by atoms with E-state index in [0.29, 0.717) is 18.1 Å². The fourth-order valence-electron chi connectivity index (χ4n) is 2.13. The predicted octanol–water partition coefficient (Wildman–Crippen LogP) is 2.95. The van der Waals surface area contributed by atoms with Crippen molar-refractivity contribution in [2.75, 3.05) is 13.7 Å². The molecule has 1 aliphatic rings. The highest BCUT2D eigenvalue weighted by atomic mass is 79.9. The smallest absolute Gasteiger partial charge is 0.334 e. The van der Waals surface area contributed by atoms with Crippen molar-refractivity contribution in [2.24, 2.45) is 0 Å². The zero-order valence-electron chi connectivity index (χ0n) is 12.5. The first-order chi connectivity index (χ1) is 9.83. The lowest BCUT2D eigenvalue weighted by Gasteiger charge is -2.38. The molecule has 0 N–H and O–H groups in total. The molecular formula is C15H19BrO5. The molecule has 0 saturated heterocycles. The summed E-state index contributed by atoms with van der Waals surface area (Å²) >= 11 is 3.39. The van der Waals surface area contributed by atoms with Crippen LogP contribution in [0.3, 0.4) is 0 Å². The third-order valence-electron chi connectivity index (χ3n) is 3.35. The Morgan fingerprint density at radius 2 is 2.14 bits per heavy atom. The summed E-state index contributed by atoms with van der Waals surface area (Å²) in [5.74, 6) is 0.943. The number of rotatable bonds is 4. The topological polar surface area (TPSA) is 54.0 Å². The number of benzene rings is 1. The molecule has 0 spiro atoms. The van der Waals surface area contributed by atoms with E-state index >= 15 is 0 Å². The van der Waals surface area contributed by atoms with Gasteiger partial charge in [-0.25, -0.2) is 4.79 Å². The van der Waals surface area contributed by atoms with Crippen molar-refractivity contribution in [3.05, 3.63) is 22.7 Å². The summed E-state index contributed by atoms with van der Waals surface area (Å²) in [5, 5.41) is 0. The highest BCUT2D eigenvalue weighted by Gasteiger charge is 2.39. The maximum Gasteiger partial charge on any atom is 0.334 e. The lowest BCUT2D eigenvalue weighted by atomic mass is 10.0.